The van der Waals surface area contributed by atoms with Crippen LogP contribution in [0.15, 0.2) is 0 Å². The van der Waals surface area contributed by atoms with Crippen molar-refractivity contribution in [2.24, 2.45) is 5.92 Å². The van der Waals surface area contributed by atoms with Crippen LogP contribution in [0.25, 0.3) is 0 Å². The van der Waals surface area contributed by atoms with Crippen molar-refractivity contribution in [3.8, 4) is 0 Å². The van der Waals surface area contributed by atoms with Gasteiger partial charge < -0.3 is 19.7 Å². The molecule has 1 aliphatic heterocycles. The summed E-state index contributed by atoms with van der Waals surface area (Å²) in [6.45, 7) is 4.66. The Kier molecular flexibility index (Phi) is 6.41. The Hall–Kier alpha value is -0.160. The summed E-state index contributed by atoms with van der Waals surface area (Å²) >= 11 is 0. The molecule has 108 valence electrons. The van der Waals surface area contributed by atoms with Gasteiger partial charge in [0.25, 0.3) is 0 Å². The predicted molar refractivity (Wildman–Crippen MR) is 70.3 cm³/mol. The molecular weight excluding hydrogens is 232 g/mol. The van der Waals surface area contributed by atoms with Crippen LogP contribution in [0.3, 0.4) is 0 Å². The normalized spacial score (nSPS) is 28.2. The molecule has 1 rings (SSSR count). The van der Waals surface area contributed by atoms with Gasteiger partial charge in [0.2, 0.25) is 0 Å². The molecule has 4 heteroatoms. The third kappa shape index (κ3) is 5.65. The van der Waals surface area contributed by atoms with Crippen molar-refractivity contribution in [3.63, 3.8) is 0 Å². The van der Waals surface area contributed by atoms with Gasteiger partial charge in [0.1, 0.15) is 0 Å². The van der Waals surface area contributed by atoms with Crippen LogP contribution in [0, 0.1) is 5.92 Å². The van der Waals surface area contributed by atoms with Crippen LogP contribution in [0.1, 0.15) is 53.7 Å². The molecule has 0 aromatic rings. The molecule has 1 saturated heterocycles. The van der Waals surface area contributed by atoms with Crippen molar-refractivity contribution in [2.75, 3.05) is 19.8 Å². The van der Waals surface area contributed by atoms with Crippen LogP contribution in [-0.4, -0.2) is 41.9 Å². The van der Waals surface area contributed by atoms with Gasteiger partial charge in [0.05, 0.1) is 18.8 Å². The fourth-order valence-electron chi connectivity index (χ4n) is 2.01. The lowest BCUT2D eigenvalue weighted by molar-refractivity contribution is -0.169. The molecule has 1 fully saturated rings. The molecule has 1 heterocycles. The Morgan fingerprint density at radius 1 is 1.56 bits per heavy atom. The van der Waals surface area contributed by atoms with Gasteiger partial charge in [-0.15, -0.1) is 0 Å². The molecule has 0 aromatic carbocycles. The number of aliphatic hydroxyl groups excluding tert-OH is 1. The summed E-state index contributed by atoms with van der Waals surface area (Å²) in [4.78, 5) is 0. The second-order valence-electron chi connectivity index (χ2n) is 5.32. The van der Waals surface area contributed by atoms with E-state index in [4.69, 9.17) is 10.8 Å². The van der Waals surface area contributed by atoms with E-state index in [9.17, 15) is 10.2 Å². The maximum Gasteiger partial charge on any atom is 0.157 e. The van der Waals surface area contributed by atoms with E-state index in [1.54, 1.807) is 6.92 Å². The SMILES string of the molecule is [2H][C@H](C)[C@@](O)(CO)CC[C@@H](C)COC1CCCCO1. The molecule has 0 saturated carbocycles. The first-order valence-corrected chi connectivity index (χ1v) is 6.96. The summed E-state index contributed by atoms with van der Waals surface area (Å²) < 4.78 is 18.8. The molecule has 0 spiro atoms. The fraction of sp³-hybridized carbons (Fsp3) is 1.00. The summed E-state index contributed by atoms with van der Waals surface area (Å²) in [7, 11) is 0. The molecule has 1 aliphatic rings. The number of hydrogen-bond acceptors (Lipinski definition) is 4. The Balaban J connectivity index is 2.21. The average molecular weight is 261 g/mol. The highest BCUT2D eigenvalue weighted by molar-refractivity contribution is 4.76. The van der Waals surface area contributed by atoms with Crippen molar-refractivity contribution in [1.29, 1.82) is 0 Å². The fourth-order valence-corrected chi connectivity index (χ4v) is 2.01. The molecule has 18 heavy (non-hydrogen) atoms. The quantitative estimate of drug-likeness (QED) is 0.702. The maximum atomic E-state index is 10.1. The minimum atomic E-state index is -1.30. The molecule has 2 N–H and O–H groups in total. The van der Waals surface area contributed by atoms with Gasteiger partial charge in [-0.25, -0.2) is 0 Å². The summed E-state index contributed by atoms with van der Waals surface area (Å²) in [6, 6.07) is 0. The lowest BCUT2D eigenvalue weighted by Crippen LogP contribution is -2.33. The van der Waals surface area contributed by atoms with Crippen molar-refractivity contribution in [3.05, 3.63) is 0 Å². The zero-order chi connectivity index (χ0) is 14.3. The first kappa shape index (κ1) is 14.3. The topological polar surface area (TPSA) is 58.9 Å². The zero-order valence-electron chi connectivity index (χ0n) is 12.6. The van der Waals surface area contributed by atoms with E-state index < -0.39 is 12.0 Å². The van der Waals surface area contributed by atoms with Crippen LogP contribution in [0.2, 0.25) is 0 Å². The van der Waals surface area contributed by atoms with E-state index in [0.29, 0.717) is 13.0 Å². The standard InChI is InChI=1S/C14H28O4/c1-3-14(16,11-15)8-7-12(2)10-18-13-6-4-5-9-17-13/h12-13,15-16H,3-11H2,1-2H3/t12-,13?,14+/m1/s1/i3D/t3-,12-,13?,14+. The number of aliphatic hydroxyl groups is 2. The smallest absolute Gasteiger partial charge is 0.157 e. The van der Waals surface area contributed by atoms with Crippen LogP contribution in [0.4, 0.5) is 0 Å². The summed E-state index contributed by atoms with van der Waals surface area (Å²) in [6.07, 6.45) is 3.60. The molecule has 0 bridgehead atoms. The lowest BCUT2D eigenvalue weighted by atomic mass is 9.92. The predicted octanol–water partition coefficient (Wildman–Crippen LogP) is 2.08. The lowest BCUT2D eigenvalue weighted by Gasteiger charge is -2.27. The summed E-state index contributed by atoms with van der Waals surface area (Å²) in [5.41, 5.74) is -1.30. The minimum Gasteiger partial charge on any atom is -0.393 e. The molecule has 0 radical (unpaired) electrons. The van der Waals surface area contributed by atoms with Gasteiger partial charge in [-0.2, -0.15) is 0 Å². The Morgan fingerprint density at radius 2 is 2.33 bits per heavy atom. The Morgan fingerprint density at radius 3 is 2.89 bits per heavy atom. The molecule has 4 atom stereocenters. The Bertz CT molecular complexity index is 244. The van der Waals surface area contributed by atoms with E-state index >= 15 is 0 Å². The van der Waals surface area contributed by atoms with Gasteiger partial charge in [-0.05, 0) is 44.4 Å². The molecule has 0 aliphatic carbocycles. The van der Waals surface area contributed by atoms with Crippen molar-refractivity contribution in [2.45, 2.75) is 64.2 Å². The van der Waals surface area contributed by atoms with E-state index in [1.165, 1.54) is 0 Å². The van der Waals surface area contributed by atoms with E-state index in [0.717, 1.165) is 32.3 Å². The molecule has 1 unspecified atom stereocenters. The second-order valence-corrected chi connectivity index (χ2v) is 5.32. The highest BCUT2D eigenvalue weighted by atomic mass is 16.7. The number of hydrogen-bond donors (Lipinski definition) is 2. The third-order valence-corrected chi connectivity index (χ3v) is 3.59. The van der Waals surface area contributed by atoms with Gasteiger partial charge in [-0.1, -0.05) is 13.8 Å². The van der Waals surface area contributed by atoms with Crippen molar-refractivity contribution in [1.82, 2.24) is 0 Å². The first-order valence-electron chi connectivity index (χ1n) is 7.54. The second kappa shape index (κ2) is 8.10. The van der Waals surface area contributed by atoms with Gasteiger partial charge >= 0.3 is 0 Å². The summed E-state index contributed by atoms with van der Waals surface area (Å²) in [5, 5.41) is 19.2. The monoisotopic (exact) mass is 261 g/mol. The molecular formula is C14H28O4. The van der Waals surface area contributed by atoms with E-state index in [-0.39, 0.29) is 18.8 Å². The number of rotatable bonds is 8. The van der Waals surface area contributed by atoms with Crippen LogP contribution >= 0.6 is 0 Å². The third-order valence-electron chi connectivity index (χ3n) is 3.59. The number of ether oxygens (including phenoxy) is 2. The van der Waals surface area contributed by atoms with E-state index in [2.05, 4.69) is 6.92 Å². The van der Waals surface area contributed by atoms with Gasteiger partial charge in [0.15, 0.2) is 6.29 Å². The maximum absolute atomic E-state index is 10.1. The van der Waals surface area contributed by atoms with Gasteiger partial charge in [-0.3, -0.25) is 0 Å². The summed E-state index contributed by atoms with van der Waals surface area (Å²) in [5.74, 6) is 0.280. The minimum absolute atomic E-state index is 0.0805. The van der Waals surface area contributed by atoms with Crippen LogP contribution < -0.4 is 0 Å². The van der Waals surface area contributed by atoms with Crippen molar-refractivity contribution >= 4 is 0 Å². The highest BCUT2D eigenvalue weighted by Crippen LogP contribution is 2.21. The first-order chi connectivity index (χ1) is 8.98. The molecule has 0 aromatic heterocycles. The average Bonchev–Trinajstić information content (AvgIpc) is 2.43. The van der Waals surface area contributed by atoms with Gasteiger partial charge in [0, 0.05) is 7.98 Å². The van der Waals surface area contributed by atoms with Crippen LogP contribution in [-0.2, 0) is 9.47 Å². The highest BCUT2D eigenvalue weighted by Gasteiger charge is 2.24. The van der Waals surface area contributed by atoms with Crippen LogP contribution in [0.5, 0.6) is 0 Å². The van der Waals surface area contributed by atoms with Crippen molar-refractivity contribution < 1.29 is 21.1 Å². The molecule has 0 amide bonds. The zero-order valence-corrected chi connectivity index (χ0v) is 11.6. The largest absolute Gasteiger partial charge is 0.393 e. The molecule has 4 nitrogen and oxygen atoms in total. The Labute approximate surface area is 112 Å². The van der Waals surface area contributed by atoms with E-state index in [1.807, 2.05) is 0 Å².